The van der Waals surface area contributed by atoms with E-state index >= 15 is 0 Å². The van der Waals surface area contributed by atoms with Gasteiger partial charge in [0, 0.05) is 0 Å². The van der Waals surface area contributed by atoms with Crippen molar-refractivity contribution in [1.29, 1.82) is 0 Å². The SMILES string of the molecule is C=C(F)C(=O)OC(C)(C)C(F)(F)C(F)(F)F. The minimum absolute atomic E-state index is 0.321. The Labute approximate surface area is 86.9 Å². The summed E-state index contributed by atoms with van der Waals surface area (Å²) in [7, 11) is 0. The normalized spacial score (nSPS) is 13.5. The molecular weight excluding hydrogens is 242 g/mol. The van der Waals surface area contributed by atoms with Gasteiger partial charge in [-0.25, -0.2) is 4.79 Å². The lowest BCUT2D eigenvalue weighted by Gasteiger charge is -2.34. The number of halogens is 6. The number of carbonyl (C=O) groups is 1. The first-order valence-corrected chi connectivity index (χ1v) is 3.85. The molecule has 0 atom stereocenters. The highest BCUT2D eigenvalue weighted by molar-refractivity contribution is 5.85. The lowest BCUT2D eigenvalue weighted by Crippen LogP contribution is -2.55. The molecule has 0 radical (unpaired) electrons. The van der Waals surface area contributed by atoms with Gasteiger partial charge < -0.3 is 4.74 Å². The Balaban J connectivity index is 5.06. The second-order valence-electron chi connectivity index (χ2n) is 3.38. The molecule has 0 saturated heterocycles. The van der Waals surface area contributed by atoms with Crippen molar-refractivity contribution in [1.82, 2.24) is 0 Å². The Morgan fingerprint density at radius 3 is 1.75 bits per heavy atom. The first-order chi connectivity index (χ1) is 6.83. The van der Waals surface area contributed by atoms with Gasteiger partial charge in [-0.2, -0.15) is 26.3 Å². The first kappa shape index (κ1) is 14.8. The van der Waals surface area contributed by atoms with Crippen LogP contribution < -0.4 is 0 Å². The van der Waals surface area contributed by atoms with Crippen LogP contribution in [0, 0.1) is 0 Å². The lowest BCUT2D eigenvalue weighted by atomic mass is 10.00. The van der Waals surface area contributed by atoms with Gasteiger partial charge in [0.1, 0.15) is 0 Å². The molecule has 8 heteroatoms. The number of hydrogen-bond donors (Lipinski definition) is 0. The van der Waals surface area contributed by atoms with E-state index in [9.17, 15) is 31.1 Å². The Bertz CT molecular complexity index is 304. The summed E-state index contributed by atoms with van der Waals surface area (Å²) >= 11 is 0. The van der Waals surface area contributed by atoms with Crippen LogP contribution in [0.15, 0.2) is 12.4 Å². The highest BCUT2D eigenvalue weighted by Crippen LogP contribution is 2.45. The summed E-state index contributed by atoms with van der Waals surface area (Å²) < 4.78 is 77.1. The van der Waals surface area contributed by atoms with Gasteiger partial charge in [0.15, 0.2) is 5.60 Å². The minimum Gasteiger partial charge on any atom is -0.448 e. The van der Waals surface area contributed by atoms with E-state index in [0.29, 0.717) is 13.8 Å². The third-order valence-electron chi connectivity index (χ3n) is 1.68. The second-order valence-corrected chi connectivity index (χ2v) is 3.38. The molecule has 0 unspecified atom stereocenters. The third-order valence-corrected chi connectivity index (χ3v) is 1.68. The molecule has 0 amide bonds. The number of alkyl halides is 5. The smallest absolute Gasteiger partial charge is 0.448 e. The van der Waals surface area contributed by atoms with Crippen molar-refractivity contribution in [3.05, 3.63) is 12.4 Å². The fourth-order valence-electron chi connectivity index (χ4n) is 0.693. The van der Waals surface area contributed by atoms with Gasteiger partial charge in [-0.1, -0.05) is 6.58 Å². The van der Waals surface area contributed by atoms with Gasteiger partial charge in [0.25, 0.3) is 0 Å². The largest absolute Gasteiger partial charge is 0.457 e. The Morgan fingerprint density at radius 1 is 1.12 bits per heavy atom. The Morgan fingerprint density at radius 2 is 1.50 bits per heavy atom. The summed E-state index contributed by atoms with van der Waals surface area (Å²) in [6, 6.07) is 0. The average Bonchev–Trinajstić information content (AvgIpc) is 2.00. The van der Waals surface area contributed by atoms with Crippen LogP contribution >= 0.6 is 0 Å². The topological polar surface area (TPSA) is 26.3 Å². The van der Waals surface area contributed by atoms with E-state index < -0.39 is 29.5 Å². The van der Waals surface area contributed by atoms with Gasteiger partial charge in [0.2, 0.25) is 5.83 Å². The van der Waals surface area contributed by atoms with Gasteiger partial charge in [-0.15, -0.1) is 0 Å². The van der Waals surface area contributed by atoms with E-state index in [-0.39, 0.29) is 0 Å². The van der Waals surface area contributed by atoms with Gasteiger partial charge in [0.05, 0.1) is 0 Å². The predicted molar refractivity (Wildman–Crippen MR) is 41.4 cm³/mol. The first-order valence-electron chi connectivity index (χ1n) is 3.85. The molecule has 0 rings (SSSR count). The molecule has 0 fully saturated rings. The molecule has 0 aromatic carbocycles. The summed E-state index contributed by atoms with van der Waals surface area (Å²) in [5.41, 5.74) is -3.22. The van der Waals surface area contributed by atoms with Crippen molar-refractivity contribution in [3.8, 4) is 0 Å². The number of hydrogen-bond acceptors (Lipinski definition) is 2. The van der Waals surface area contributed by atoms with Crippen molar-refractivity contribution in [2.45, 2.75) is 31.5 Å². The number of esters is 1. The maximum atomic E-state index is 12.8. The Hall–Kier alpha value is -1.21. The molecule has 0 aliphatic carbocycles. The minimum atomic E-state index is -5.91. The number of carbonyl (C=O) groups excluding carboxylic acids is 1. The summed E-state index contributed by atoms with van der Waals surface area (Å²) in [5, 5.41) is 0. The molecule has 2 nitrogen and oxygen atoms in total. The lowest BCUT2D eigenvalue weighted by molar-refractivity contribution is -0.335. The van der Waals surface area contributed by atoms with Crippen molar-refractivity contribution < 1.29 is 35.9 Å². The zero-order chi connectivity index (χ0) is 13.4. The number of rotatable bonds is 3. The van der Waals surface area contributed by atoms with Crippen LogP contribution in [0.1, 0.15) is 13.8 Å². The fraction of sp³-hybridized carbons (Fsp3) is 0.625. The molecule has 0 heterocycles. The summed E-state index contributed by atoms with van der Waals surface area (Å²) in [5.74, 6) is -9.02. The van der Waals surface area contributed by atoms with Crippen LogP contribution in [-0.4, -0.2) is 23.7 Å². The van der Waals surface area contributed by atoms with Crippen LogP contribution in [0.3, 0.4) is 0 Å². The summed E-state index contributed by atoms with van der Waals surface area (Å²) in [6.07, 6.45) is -5.91. The fourth-order valence-corrected chi connectivity index (χ4v) is 0.693. The number of ether oxygens (including phenoxy) is 1. The van der Waals surface area contributed by atoms with Crippen molar-refractivity contribution in [2.75, 3.05) is 0 Å². The van der Waals surface area contributed by atoms with Crippen LogP contribution in [0.2, 0.25) is 0 Å². The van der Waals surface area contributed by atoms with E-state index in [2.05, 4.69) is 11.3 Å². The van der Waals surface area contributed by atoms with E-state index in [0.717, 1.165) is 0 Å². The maximum Gasteiger partial charge on any atom is 0.457 e. The van der Waals surface area contributed by atoms with Gasteiger partial charge in [-0.05, 0) is 13.8 Å². The molecule has 0 aromatic heterocycles. The highest BCUT2D eigenvalue weighted by Gasteiger charge is 2.68. The summed E-state index contributed by atoms with van der Waals surface area (Å²) in [6.45, 7) is 3.06. The van der Waals surface area contributed by atoms with Crippen molar-refractivity contribution in [3.63, 3.8) is 0 Å². The van der Waals surface area contributed by atoms with Crippen LogP contribution in [0.5, 0.6) is 0 Å². The van der Waals surface area contributed by atoms with Crippen LogP contribution in [-0.2, 0) is 9.53 Å². The van der Waals surface area contributed by atoms with E-state index in [4.69, 9.17) is 0 Å². The predicted octanol–water partition coefficient (Wildman–Crippen LogP) is 2.99. The Kier molecular flexibility index (Phi) is 3.68. The third kappa shape index (κ3) is 2.67. The average molecular weight is 250 g/mol. The molecule has 0 saturated carbocycles. The highest BCUT2D eigenvalue weighted by atomic mass is 19.4. The van der Waals surface area contributed by atoms with Crippen LogP contribution in [0.4, 0.5) is 26.3 Å². The molecule has 0 aliphatic rings. The maximum absolute atomic E-state index is 12.8. The monoisotopic (exact) mass is 250 g/mol. The van der Waals surface area contributed by atoms with E-state index in [1.807, 2.05) is 0 Å². The molecular formula is C8H8F6O2. The van der Waals surface area contributed by atoms with Crippen molar-refractivity contribution in [2.24, 2.45) is 0 Å². The van der Waals surface area contributed by atoms with Crippen molar-refractivity contribution >= 4 is 5.97 Å². The molecule has 0 N–H and O–H groups in total. The molecule has 94 valence electrons. The second kappa shape index (κ2) is 3.99. The van der Waals surface area contributed by atoms with Gasteiger partial charge in [-0.3, -0.25) is 0 Å². The van der Waals surface area contributed by atoms with Crippen LogP contribution in [0.25, 0.3) is 0 Å². The molecule has 16 heavy (non-hydrogen) atoms. The molecule has 0 aromatic rings. The zero-order valence-corrected chi connectivity index (χ0v) is 8.29. The molecule has 0 spiro atoms. The molecule has 0 aliphatic heterocycles. The summed E-state index contributed by atoms with van der Waals surface area (Å²) in [4.78, 5) is 10.5. The van der Waals surface area contributed by atoms with E-state index in [1.165, 1.54) is 0 Å². The van der Waals surface area contributed by atoms with Gasteiger partial charge >= 0.3 is 18.1 Å². The zero-order valence-electron chi connectivity index (χ0n) is 8.29. The standard InChI is InChI=1S/C8H8F6O2/c1-4(9)5(15)16-6(2,3)7(10,11)8(12,13)14/h1H2,2-3H3. The van der Waals surface area contributed by atoms with E-state index in [1.54, 1.807) is 0 Å². The molecule has 0 bridgehead atoms. The quantitative estimate of drug-likeness (QED) is 0.437.